The number of aromatic nitrogens is 5. The van der Waals surface area contributed by atoms with Crippen LogP contribution in [0.3, 0.4) is 0 Å². The molecule has 33 heavy (non-hydrogen) atoms. The van der Waals surface area contributed by atoms with Crippen molar-refractivity contribution in [2.45, 2.75) is 20.4 Å². The van der Waals surface area contributed by atoms with Crippen LogP contribution < -0.4 is 16.6 Å². The average Bonchev–Trinajstić information content (AvgIpc) is 3.24. The van der Waals surface area contributed by atoms with E-state index in [1.807, 2.05) is 44.2 Å². The van der Waals surface area contributed by atoms with Crippen molar-refractivity contribution < 1.29 is 4.79 Å². The number of carbonyl (C=O) groups excluding carboxylic acids is 1. The summed E-state index contributed by atoms with van der Waals surface area (Å²) in [6.45, 7) is 3.34. The van der Waals surface area contributed by atoms with Crippen molar-refractivity contribution in [1.82, 2.24) is 23.3 Å². The monoisotopic (exact) mass is 465 g/mol. The minimum atomic E-state index is -0.614. The number of imidazole rings is 1. The van der Waals surface area contributed by atoms with Crippen LogP contribution in [-0.2, 0) is 25.4 Å². The summed E-state index contributed by atoms with van der Waals surface area (Å²) in [5.41, 5.74) is 1.62. The number of nitrogens with zero attached hydrogens (tertiary/aromatic N) is 6. The number of carbonyl (C=O) groups is 1. The van der Waals surface area contributed by atoms with Crippen LogP contribution in [-0.4, -0.2) is 29.2 Å². The second-order valence-corrected chi connectivity index (χ2v) is 7.95. The smallest absolute Gasteiger partial charge is 0.309 e. The molecule has 168 valence electrons. The van der Waals surface area contributed by atoms with Gasteiger partial charge in [-0.15, -0.1) is 0 Å². The van der Waals surface area contributed by atoms with E-state index in [4.69, 9.17) is 11.6 Å². The van der Waals surface area contributed by atoms with E-state index < -0.39 is 17.2 Å². The van der Waals surface area contributed by atoms with Crippen LogP contribution in [0, 0.1) is 25.2 Å². The number of anilines is 1. The van der Waals surface area contributed by atoms with E-state index in [0.717, 1.165) is 21.5 Å². The number of fused-ring (bicyclic) bond motifs is 1. The summed E-state index contributed by atoms with van der Waals surface area (Å²) in [6.07, 6.45) is 0. The number of nitriles is 1. The largest absolute Gasteiger partial charge is 0.332 e. The van der Waals surface area contributed by atoms with Gasteiger partial charge in [-0.1, -0.05) is 18.2 Å². The standard InChI is InChI=1S/C22H20ClN7O3/c1-12-13(2)30(14-8-6-5-7-9-14)18(15(12)10-24)25-16(31)11-29-17-19(26-21(29)23)27(3)22(33)28(4)20(17)32/h5-9H,11H2,1-4H3,(H,25,31). The molecule has 0 saturated carbocycles. The molecule has 10 nitrogen and oxygen atoms in total. The molecular weight excluding hydrogens is 446 g/mol. The molecule has 1 N–H and O–H groups in total. The third-order valence-corrected chi connectivity index (χ3v) is 5.99. The molecule has 0 fully saturated rings. The summed E-state index contributed by atoms with van der Waals surface area (Å²) < 4.78 is 5.16. The fraction of sp³-hybridized carbons (Fsp3) is 0.227. The Morgan fingerprint density at radius 1 is 1.15 bits per heavy atom. The van der Waals surface area contributed by atoms with Gasteiger partial charge in [-0.2, -0.15) is 10.2 Å². The molecule has 4 aromatic rings. The number of aryl methyl sites for hydroxylation is 1. The normalized spacial score (nSPS) is 11.0. The zero-order valence-corrected chi connectivity index (χ0v) is 19.1. The lowest BCUT2D eigenvalue weighted by Crippen LogP contribution is -2.37. The lowest BCUT2D eigenvalue weighted by Gasteiger charge is -2.14. The molecule has 0 radical (unpaired) electrons. The summed E-state index contributed by atoms with van der Waals surface area (Å²) in [5, 5.41) is 12.4. The Hall–Kier alpha value is -4.10. The Balaban J connectivity index is 1.79. The predicted molar refractivity (Wildman–Crippen MR) is 124 cm³/mol. The molecule has 3 aromatic heterocycles. The van der Waals surface area contributed by atoms with Gasteiger partial charge in [0.25, 0.3) is 5.56 Å². The number of hydrogen-bond donors (Lipinski definition) is 1. The first-order chi connectivity index (χ1) is 15.7. The highest BCUT2D eigenvalue weighted by Gasteiger charge is 2.23. The van der Waals surface area contributed by atoms with Crippen LogP contribution in [0.1, 0.15) is 16.8 Å². The highest BCUT2D eigenvalue weighted by Crippen LogP contribution is 2.30. The number of amides is 1. The molecule has 0 unspecified atom stereocenters. The molecule has 3 heterocycles. The summed E-state index contributed by atoms with van der Waals surface area (Å²) in [4.78, 5) is 42.1. The van der Waals surface area contributed by atoms with Crippen molar-refractivity contribution in [2.75, 3.05) is 5.32 Å². The number of nitrogens with one attached hydrogen (secondary N) is 1. The molecule has 4 rings (SSSR count). The molecule has 0 aliphatic rings. The zero-order valence-electron chi connectivity index (χ0n) is 18.4. The fourth-order valence-corrected chi connectivity index (χ4v) is 4.06. The Morgan fingerprint density at radius 3 is 2.45 bits per heavy atom. The van der Waals surface area contributed by atoms with E-state index in [9.17, 15) is 19.6 Å². The van der Waals surface area contributed by atoms with Crippen LogP contribution in [0.25, 0.3) is 16.9 Å². The lowest BCUT2D eigenvalue weighted by atomic mass is 10.2. The van der Waals surface area contributed by atoms with Gasteiger partial charge in [-0.05, 0) is 43.1 Å². The Bertz CT molecular complexity index is 1580. The van der Waals surface area contributed by atoms with Crippen LogP contribution in [0.15, 0.2) is 39.9 Å². The van der Waals surface area contributed by atoms with Gasteiger partial charge in [0.15, 0.2) is 11.2 Å². The third-order valence-electron chi connectivity index (χ3n) is 5.70. The van der Waals surface area contributed by atoms with Crippen molar-refractivity contribution in [2.24, 2.45) is 14.1 Å². The summed E-state index contributed by atoms with van der Waals surface area (Å²) in [6, 6.07) is 11.5. The van der Waals surface area contributed by atoms with E-state index in [0.29, 0.717) is 11.4 Å². The number of halogens is 1. The van der Waals surface area contributed by atoms with Gasteiger partial charge in [-0.25, -0.2) is 4.79 Å². The molecule has 0 saturated heterocycles. The van der Waals surface area contributed by atoms with Gasteiger partial charge in [0.2, 0.25) is 11.2 Å². The van der Waals surface area contributed by atoms with Crippen LogP contribution in [0.4, 0.5) is 5.82 Å². The average molecular weight is 466 g/mol. The first kappa shape index (κ1) is 22.1. The first-order valence-corrected chi connectivity index (χ1v) is 10.3. The van der Waals surface area contributed by atoms with E-state index in [-0.39, 0.29) is 23.0 Å². The molecule has 1 aromatic carbocycles. The fourth-order valence-electron chi connectivity index (χ4n) is 3.84. The number of para-hydroxylation sites is 1. The molecular formula is C22H20ClN7O3. The van der Waals surface area contributed by atoms with Crippen LogP contribution in [0.5, 0.6) is 0 Å². The van der Waals surface area contributed by atoms with E-state index in [1.54, 1.807) is 4.57 Å². The van der Waals surface area contributed by atoms with Gasteiger partial charge < -0.3 is 5.32 Å². The topological polar surface area (TPSA) is 120 Å². The number of hydrogen-bond acceptors (Lipinski definition) is 5. The Labute approximate surface area is 192 Å². The van der Waals surface area contributed by atoms with E-state index in [2.05, 4.69) is 16.4 Å². The van der Waals surface area contributed by atoms with E-state index in [1.165, 1.54) is 23.2 Å². The second kappa shape index (κ2) is 8.11. The van der Waals surface area contributed by atoms with Crippen LogP contribution in [0.2, 0.25) is 5.28 Å². The summed E-state index contributed by atoms with van der Waals surface area (Å²) in [5.74, 6) is -0.192. The van der Waals surface area contributed by atoms with Crippen molar-refractivity contribution in [3.05, 3.63) is 73.3 Å². The predicted octanol–water partition coefficient (Wildman–Crippen LogP) is 2.01. The second-order valence-electron chi connectivity index (χ2n) is 7.61. The number of benzene rings is 1. The Morgan fingerprint density at radius 2 is 1.82 bits per heavy atom. The van der Waals surface area contributed by atoms with Gasteiger partial charge in [0.1, 0.15) is 18.4 Å². The highest BCUT2D eigenvalue weighted by molar-refractivity contribution is 6.29. The maximum absolute atomic E-state index is 13.1. The summed E-state index contributed by atoms with van der Waals surface area (Å²) >= 11 is 6.23. The zero-order chi connectivity index (χ0) is 24.0. The third kappa shape index (κ3) is 3.43. The van der Waals surface area contributed by atoms with Gasteiger partial charge in [0.05, 0.1) is 5.56 Å². The SMILES string of the molecule is Cc1c(C#N)c(NC(=O)Cn2c(Cl)nc3c2c(=O)n(C)c(=O)n3C)n(-c2ccccc2)c1C. The molecule has 0 aliphatic carbocycles. The van der Waals surface area contributed by atoms with E-state index >= 15 is 0 Å². The highest BCUT2D eigenvalue weighted by atomic mass is 35.5. The van der Waals surface area contributed by atoms with Crippen molar-refractivity contribution in [1.29, 1.82) is 5.26 Å². The minimum Gasteiger partial charge on any atom is -0.309 e. The first-order valence-electron chi connectivity index (χ1n) is 9.96. The van der Waals surface area contributed by atoms with Crippen molar-refractivity contribution in [3.63, 3.8) is 0 Å². The maximum Gasteiger partial charge on any atom is 0.332 e. The van der Waals surface area contributed by atoms with Crippen molar-refractivity contribution >= 4 is 34.5 Å². The molecule has 0 spiro atoms. The lowest BCUT2D eigenvalue weighted by molar-refractivity contribution is -0.116. The molecule has 0 aliphatic heterocycles. The quantitative estimate of drug-likeness (QED) is 0.462. The maximum atomic E-state index is 13.1. The Kier molecular flexibility index (Phi) is 5.43. The number of rotatable bonds is 4. The molecule has 11 heteroatoms. The van der Waals surface area contributed by atoms with Crippen LogP contribution >= 0.6 is 11.6 Å². The minimum absolute atomic E-state index is 0.0334. The molecule has 0 bridgehead atoms. The molecule has 1 amide bonds. The summed E-state index contributed by atoms with van der Waals surface area (Å²) in [7, 11) is 2.81. The van der Waals surface area contributed by atoms with Gasteiger partial charge in [-0.3, -0.25) is 27.9 Å². The molecule has 0 atom stereocenters. The van der Waals surface area contributed by atoms with Crippen molar-refractivity contribution in [3.8, 4) is 11.8 Å². The van der Waals surface area contributed by atoms with Gasteiger partial charge in [0, 0.05) is 25.5 Å². The van der Waals surface area contributed by atoms with Gasteiger partial charge >= 0.3 is 5.69 Å².